The van der Waals surface area contributed by atoms with Crippen LogP contribution >= 0.6 is 11.3 Å². The molecule has 6 nitrogen and oxygen atoms in total. The number of carbonyl (C=O) groups is 2. The third-order valence-electron chi connectivity index (χ3n) is 3.80. The molecule has 0 aliphatic carbocycles. The highest BCUT2D eigenvalue weighted by molar-refractivity contribution is 7.09. The van der Waals surface area contributed by atoms with Gasteiger partial charge in [0.2, 0.25) is 5.91 Å². The van der Waals surface area contributed by atoms with Crippen molar-refractivity contribution >= 4 is 23.3 Å². The van der Waals surface area contributed by atoms with Crippen LogP contribution in [0.5, 0.6) is 0 Å². The van der Waals surface area contributed by atoms with Crippen LogP contribution < -0.4 is 11.1 Å². The fourth-order valence-electron chi connectivity index (χ4n) is 2.50. The smallest absolute Gasteiger partial charge is 0.318 e. The Morgan fingerprint density at radius 3 is 2.69 bits per heavy atom. The van der Waals surface area contributed by atoms with E-state index in [1.165, 1.54) is 0 Å². The molecule has 3 rings (SSSR count). The molecule has 0 spiro atoms. The van der Waals surface area contributed by atoms with Crippen LogP contribution in [0.4, 0.5) is 4.79 Å². The first-order chi connectivity index (χ1) is 12.6. The van der Waals surface area contributed by atoms with E-state index in [4.69, 9.17) is 10.2 Å². The van der Waals surface area contributed by atoms with Gasteiger partial charge >= 0.3 is 6.03 Å². The van der Waals surface area contributed by atoms with E-state index >= 15 is 0 Å². The van der Waals surface area contributed by atoms with Crippen LogP contribution in [0.2, 0.25) is 0 Å². The van der Waals surface area contributed by atoms with Gasteiger partial charge in [0.15, 0.2) is 0 Å². The Morgan fingerprint density at radius 1 is 1.12 bits per heavy atom. The first-order valence-electron chi connectivity index (χ1n) is 8.08. The van der Waals surface area contributed by atoms with E-state index in [1.54, 1.807) is 46.8 Å². The highest BCUT2D eigenvalue weighted by Crippen LogP contribution is 2.15. The zero-order valence-corrected chi connectivity index (χ0v) is 14.9. The average Bonchev–Trinajstić information content (AvgIpc) is 3.33. The number of nitrogens with two attached hydrogens (primary N) is 1. The molecule has 7 heteroatoms. The summed E-state index contributed by atoms with van der Waals surface area (Å²) in [4.78, 5) is 26.7. The second-order valence-electron chi connectivity index (χ2n) is 5.74. The summed E-state index contributed by atoms with van der Waals surface area (Å²) in [6.07, 6.45) is 1.59. The molecule has 0 fully saturated rings. The number of nitrogens with zero attached hydrogens (tertiary/aromatic N) is 1. The first kappa shape index (κ1) is 17.8. The van der Waals surface area contributed by atoms with Gasteiger partial charge in [-0.25, -0.2) is 4.79 Å². The van der Waals surface area contributed by atoms with Gasteiger partial charge in [-0.15, -0.1) is 11.3 Å². The molecule has 1 aromatic carbocycles. The summed E-state index contributed by atoms with van der Waals surface area (Å²) in [6.45, 7) is 1.17. The Hall–Kier alpha value is -3.06. The van der Waals surface area contributed by atoms with Crippen LogP contribution in [0, 0.1) is 0 Å². The van der Waals surface area contributed by atoms with Crippen LogP contribution in [0.25, 0.3) is 0 Å². The predicted molar refractivity (Wildman–Crippen MR) is 99.5 cm³/mol. The third kappa shape index (κ3) is 4.73. The maximum Gasteiger partial charge on any atom is 0.318 e. The number of benzene rings is 1. The van der Waals surface area contributed by atoms with Gasteiger partial charge < -0.3 is 20.4 Å². The molecule has 3 aromatic rings. The minimum absolute atomic E-state index is 0.209. The Labute approximate surface area is 155 Å². The summed E-state index contributed by atoms with van der Waals surface area (Å²) in [7, 11) is 0. The normalized spacial score (nSPS) is 10.5. The van der Waals surface area contributed by atoms with Crippen LogP contribution in [0.15, 0.2) is 64.6 Å². The number of thiophene rings is 1. The van der Waals surface area contributed by atoms with E-state index in [0.29, 0.717) is 31.0 Å². The molecule has 3 N–H and O–H groups in total. The van der Waals surface area contributed by atoms with E-state index in [9.17, 15) is 9.59 Å². The molecule has 0 radical (unpaired) electrons. The molecule has 2 heterocycles. The van der Waals surface area contributed by atoms with Crippen LogP contribution in [-0.4, -0.2) is 16.8 Å². The van der Waals surface area contributed by atoms with E-state index < -0.39 is 5.91 Å². The number of amides is 3. The monoisotopic (exact) mass is 369 g/mol. The van der Waals surface area contributed by atoms with Crippen molar-refractivity contribution < 1.29 is 14.0 Å². The minimum atomic E-state index is -0.490. The zero-order chi connectivity index (χ0) is 18.4. The highest BCUT2D eigenvalue weighted by atomic mass is 32.1. The number of primary amides is 1. The van der Waals surface area contributed by atoms with Gasteiger partial charge in [-0.3, -0.25) is 4.79 Å². The lowest BCUT2D eigenvalue weighted by Gasteiger charge is -2.21. The SMILES string of the molecule is NC(=O)c1cccc(CNC(=O)N(Cc2ccco2)Cc2cccs2)c1. The standard InChI is InChI=1S/C19H19N3O3S/c20-18(23)15-5-1-4-14(10-15)11-21-19(24)22(12-16-6-2-8-25-16)13-17-7-3-9-26-17/h1-10H,11-13H2,(H2,20,23)(H,21,24). The fraction of sp³-hybridized carbons (Fsp3) is 0.158. The number of carbonyl (C=O) groups excluding carboxylic acids is 2. The maximum atomic E-state index is 12.7. The Morgan fingerprint density at radius 2 is 2.00 bits per heavy atom. The van der Waals surface area contributed by atoms with Crippen molar-refractivity contribution in [1.82, 2.24) is 10.2 Å². The number of nitrogens with one attached hydrogen (secondary N) is 1. The van der Waals surface area contributed by atoms with Gasteiger partial charge in [-0.1, -0.05) is 18.2 Å². The van der Waals surface area contributed by atoms with Gasteiger partial charge in [0, 0.05) is 17.0 Å². The molecule has 0 saturated carbocycles. The minimum Gasteiger partial charge on any atom is -0.467 e. The molecule has 0 bridgehead atoms. The summed E-state index contributed by atoms with van der Waals surface area (Å²) < 4.78 is 5.37. The number of rotatable bonds is 7. The predicted octanol–water partition coefficient (Wildman–Crippen LogP) is 3.35. The number of furan rings is 1. The molecule has 0 atom stereocenters. The van der Waals surface area contributed by atoms with Crippen molar-refractivity contribution in [1.29, 1.82) is 0 Å². The van der Waals surface area contributed by atoms with Gasteiger partial charge in [-0.2, -0.15) is 0 Å². The van der Waals surface area contributed by atoms with E-state index in [-0.39, 0.29) is 6.03 Å². The Kier molecular flexibility index (Phi) is 5.70. The summed E-state index contributed by atoms with van der Waals surface area (Å²) in [5.74, 6) is 0.225. The molecule has 0 aliphatic rings. The summed E-state index contributed by atoms with van der Waals surface area (Å²) in [6, 6.07) is 14.3. The van der Waals surface area contributed by atoms with Gasteiger partial charge in [-0.05, 0) is 41.3 Å². The van der Waals surface area contributed by atoms with Crippen LogP contribution in [-0.2, 0) is 19.6 Å². The first-order valence-corrected chi connectivity index (χ1v) is 8.96. The van der Waals surface area contributed by atoms with Crippen LogP contribution in [0.3, 0.4) is 0 Å². The fourth-order valence-corrected chi connectivity index (χ4v) is 3.22. The summed E-state index contributed by atoms with van der Waals surface area (Å²) >= 11 is 1.60. The van der Waals surface area contributed by atoms with E-state index in [1.807, 2.05) is 29.6 Å². The second-order valence-corrected chi connectivity index (χ2v) is 6.77. The van der Waals surface area contributed by atoms with Crippen molar-refractivity contribution in [3.8, 4) is 0 Å². The lowest BCUT2D eigenvalue weighted by atomic mass is 10.1. The topological polar surface area (TPSA) is 88.6 Å². The van der Waals surface area contributed by atoms with Crippen molar-refractivity contribution in [3.05, 3.63) is 81.9 Å². The zero-order valence-electron chi connectivity index (χ0n) is 14.1. The number of hydrogen-bond donors (Lipinski definition) is 2. The molecule has 3 amide bonds. The molecule has 0 saturated heterocycles. The Bertz CT molecular complexity index is 824. The van der Waals surface area contributed by atoms with Gasteiger partial charge in [0.05, 0.1) is 19.4 Å². The molecular weight excluding hydrogens is 350 g/mol. The highest BCUT2D eigenvalue weighted by Gasteiger charge is 2.16. The third-order valence-corrected chi connectivity index (χ3v) is 4.66. The summed E-state index contributed by atoms with van der Waals surface area (Å²) in [5.41, 5.74) is 6.52. The van der Waals surface area contributed by atoms with E-state index in [0.717, 1.165) is 10.4 Å². The lowest BCUT2D eigenvalue weighted by Crippen LogP contribution is -2.38. The van der Waals surface area contributed by atoms with E-state index in [2.05, 4.69) is 5.32 Å². The molecular formula is C19H19N3O3S. The van der Waals surface area contributed by atoms with Crippen LogP contribution in [0.1, 0.15) is 26.6 Å². The lowest BCUT2D eigenvalue weighted by molar-refractivity contribution is 0.1000. The largest absolute Gasteiger partial charge is 0.467 e. The number of urea groups is 1. The molecule has 2 aromatic heterocycles. The average molecular weight is 369 g/mol. The Balaban J connectivity index is 1.66. The van der Waals surface area contributed by atoms with Crippen molar-refractivity contribution in [3.63, 3.8) is 0 Å². The van der Waals surface area contributed by atoms with Crippen molar-refractivity contribution in [2.45, 2.75) is 19.6 Å². The molecule has 26 heavy (non-hydrogen) atoms. The van der Waals surface area contributed by atoms with Gasteiger partial charge in [0.1, 0.15) is 5.76 Å². The van der Waals surface area contributed by atoms with Gasteiger partial charge in [0.25, 0.3) is 0 Å². The quantitative estimate of drug-likeness (QED) is 0.669. The molecule has 0 unspecified atom stereocenters. The maximum absolute atomic E-state index is 12.7. The second kappa shape index (κ2) is 8.35. The summed E-state index contributed by atoms with van der Waals surface area (Å²) in [5, 5.41) is 4.87. The number of hydrogen-bond acceptors (Lipinski definition) is 4. The molecule has 134 valence electrons. The molecule has 0 aliphatic heterocycles. The van der Waals surface area contributed by atoms with Crippen molar-refractivity contribution in [2.24, 2.45) is 5.73 Å². The van der Waals surface area contributed by atoms with Crippen molar-refractivity contribution in [2.75, 3.05) is 0 Å².